The van der Waals surface area contributed by atoms with Crippen molar-refractivity contribution in [1.82, 2.24) is 0 Å². The van der Waals surface area contributed by atoms with Crippen molar-refractivity contribution in [2.24, 2.45) is 5.41 Å². The SMILES string of the molecule is CCCCC1(C(=O)O)CC(O)C1. The van der Waals surface area contributed by atoms with Gasteiger partial charge in [-0.1, -0.05) is 19.8 Å². The Bertz CT molecular complexity index is 171. The van der Waals surface area contributed by atoms with Crippen molar-refractivity contribution in [1.29, 1.82) is 0 Å². The lowest BCUT2D eigenvalue weighted by molar-refractivity contribution is -0.164. The van der Waals surface area contributed by atoms with Gasteiger partial charge in [0.2, 0.25) is 0 Å². The summed E-state index contributed by atoms with van der Waals surface area (Å²) in [5, 5.41) is 18.0. The molecule has 0 radical (unpaired) electrons. The number of unbranched alkanes of at least 4 members (excludes halogenated alkanes) is 1. The number of hydrogen-bond acceptors (Lipinski definition) is 2. The summed E-state index contributed by atoms with van der Waals surface area (Å²) in [5.74, 6) is -0.735. The first kappa shape index (κ1) is 9.52. The standard InChI is InChI=1S/C9H16O3/c1-2-3-4-9(8(11)12)5-7(10)6-9/h7,10H,2-6H2,1H3,(H,11,12). The molecule has 1 aliphatic carbocycles. The van der Waals surface area contributed by atoms with E-state index in [1.807, 2.05) is 6.92 Å². The van der Waals surface area contributed by atoms with Crippen molar-refractivity contribution >= 4 is 5.97 Å². The van der Waals surface area contributed by atoms with E-state index in [9.17, 15) is 4.79 Å². The van der Waals surface area contributed by atoms with E-state index in [1.165, 1.54) is 0 Å². The number of aliphatic carboxylic acids is 1. The van der Waals surface area contributed by atoms with Crippen LogP contribution in [0.4, 0.5) is 0 Å². The van der Waals surface area contributed by atoms with Gasteiger partial charge in [0.1, 0.15) is 0 Å². The molecule has 0 aromatic carbocycles. The predicted molar refractivity (Wildman–Crippen MR) is 44.8 cm³/mol. The molecule has 70 valence electrons. The monoisotopic (exact) mass is 172 g/mol. The summed E-state index contributed by atoms with van der Waals surface area (Å²) in [6.45, 7) is 2.05. The number of rotatable bonds is 4. The van der Waals surface area contributed by atoms with Gasteiger partial charge in [-0.05, 0) is 19.3 Å². The normalized spacial score (nSPS) is 34.3. The van der Waals surface area contributed by atoms with Crippen LogP contribution in [0.1, 0.15) is 39.0 Å². The van der Waals surface area contributed by atoms with E-state index in [2.05, 4.69) is 0 Å². The second-order valence-electron chi connectivity index (χ2n) is 3.75. The number of carboxylic acids is 1. The maximum atomic E-state index is 10.8. The van der Waals surface area contributed by atoms with Crippen molar-refractivity contribution < 1.29 is 15.0 Å². The molecule has 1 aliphatic rings. The summed E-state index contributed by atoms with van der Waals surface area (Å²) < 4.78 is 0. The van der Waals surface area contributed by atoms with Gasteiger partial charge in [-0.2, -0.15) is 0 Å². The lowest BCUT2D eigenvalue weighted by Crippen LogP contribution is -2.46. The lowest BCUT2D eigenvalue weighted by atomic mass is 9.64. The zero-order chi connectivity index (χ0) is 9.19. The Hall–Kier alpha value is -0.570. The highest BCUT2D eigenvalue weighted by molar-refractivity contribution is 5.76. The Kier molecular flexibility index (Phi) is 2.73. The lowest BCUT2D eigenvalue weighted by Gasteiger charge is -2.41. The third-order valence-corrected chi connectivity index (χ3v) is 2.72. The minimum absolute atomic E-state index is 0.377. The van der Waals surface area contributed by atoms with Gasteiger partial charge in [-0.3, -0.25) is 4.79 Å². The molecule has 3 heteroatoms. The highest BCUT2D eigenvalue weighted by atomic mass is 16.4. The van der Waals surface area contributed by atoms with E-state index in [0.29, 0.717) is 12.8 Å². The fourth-order valence-electron chi connectivity index (χ4n) is 1.84. The first-order valence-electron chi connectivity index (χ1n) is 4.52. The van der Waals surface area contributed by atoms with Crippen molar-refractivity contribution in [3.05, 3.63) is 0 Å². The van der Waals surface area contributed by atoms with Crippen molar-refractivity contribution in [2.45, 2.75) is 45.1 Å². The molecule has 0 aromatic rings. The zero-order valence-electron chi connectivity index (χ0n) is 7.42. The predicted octanol–water partition coefficient (Wildman–Crippen LogP) is 1.40. The van der Waals surface area contributed by atoms with E-state index < -0.39 is 11.4 Å². The summed E-state index contributed by atoms with van der Waals surface area (Å²) in [5.41, 5.74) is -0.588. The Morgan fingerprint density at radius 2 is 2.17 bits per heavy atom. The van der Waals surface area contributed by atoms with Gasteiger partial charge in [-0.15, -0.1) is 0 Å². The van der Waals surface area contributed by atoms with Gasteiger partial charge in [0, 0.05) is 0 Å². The van der Waals surface area contributed by atoms with Crippen molar-refractivity contribution in [3.8, 4) is 0 Å². The minimum atomic E-state index is -0.735. The quantitative estimate of drug-likeness (QED) is 0.674. The molecule has 1 fully saturated rings. The molecular formula is C9H16O3. The molecular weight excluding hydrogens is 156 g/mol. The molecule has 0 amide bonds. The highest BCUT2D eigenvalue weighted by Crippen LogP contribution is 2.45. The minimum Gasteiger partial charge on any atom is -0.481 e. The Labute approximate surface area is 72.4 Å². The Morgan fingerprint density at radius 1 is 1.58 bits per heavy atom. The maximum Gasteiger partial charge on any atom is 0.309 e. The number of carbonyl (C=O) groups is 1. The molecule has 0 saturated heterocycles. The van der Waals surface area contributed by atoms with Crippen LogP contribution in [0.3, 0.4) is 0 Å². The molecule has 0 aromatic heterocycles. The van der Waals surface area contributed by atoms with Crippen LogP contribution in [0.25, 0.3) is 0 Å². The number of carboxylic acid groups (broad SMARTS) is 1. The second kappa shape index (κ2) is 3.44. The first-order chi connectivity index (χ1) is 5.60. The van der Waals surface area contributed by atoms with Gasteiger partial charge >= 0.3 is 5.97 Å². The van der Waals surface area contributed by atoms with Crippen LogP contribution in [0.2, 0.25) is 0 Å². The van der Waals surface area contributed by atoms with Crippen LogP contribution < -0.4 is 0 Å². The second-order valence-corrected chi connectivity index (χ2v) is 3.75. The summed E-state index contributed by atoms with van der Waals surface area (Å²) in [7, 11) is 0. The molecule has 0 bridgehead atoms. The number of aliphatic hydroxyl groups excluding tert-OH is 1. The number of aliphatic hydroxyl groups is 1. The molecule has 2 N–H and O–H groups in total. The fourth-order valence-corrected chi connectivity index (χ4v) is 1.84. The molecule has 1 rings (SSSR count). The molecule has 12 heavy (non-hydrogen) atoms. The smallest absolute Gasteiger partial charge is 0.309 e. The summed E-state index contributed by atoms with van der Waals surface area (Å²) in [4.78, 5) is 10.8. The van der Waals surface area contributed by atoms with E-state index in [1.54, 1.807) is 0 Å². The molecule has 3 nitrogen and oxygen atoms in total. The Morgan fingerprint density at radius 3 is 2.50 bits per heavy atom. The third-order valence-electron chi connectivity index (χ3n) is 2.72. The molecule has 0 atom stereocenters. The average molecular weight is 172 g/mol. The Balaban J connectivity index is 2.45. The topological polar surface area (TPSA) is 57.5 Å². The first-order valence-corrected chi connectivity index (χ1v) is 4.52. The van der Waals surface area contributed by atoms with Crippen LogP contribution in [-0.2, 0) is 4.79 Å². The van der Waals surface area contributed by atoms with E-state index in [-0.39, 0.29) is 6.10 Å². The van der Waals surface area contributed by atoms with Gasteiger partial charge in [-0.25, -0.2) is 0 Å². The summed E-state index contributed by atoms with van der Waals surface area (Å²) in [6.07, 6.45) is 3.20. The van der Waals surface area contributed by atoms with E-state index >= 15 is 0 Å². The molecule has 0 aliphatic heterocycles. The van der Waals surface area contributed by atoms with Gasteiger partial charge in [0.15, 0.2) is 0 Å². The van der Waals surface area contributed by atoms with Crippen molar-refractivity contribution in [2.75, 3.05) is 0 Å². The summed E-state index contributed by atoms with van der Waals surface area (Å²) >= 11 is 0. The molecule has 0 heterocycles. The molecule has 0 unspecified atom stereocenters. The summed E-state index contributed by atoms with van der Waals surface area (Å²) in [6, 6.07) is 0. The highest BCUT2D eigenvalue weighted by Gasteiger charge is 2.48. The van der Waals surface area contributed by atoms with Crippen LogP contribution in [0.5, 0.6) is 0 Å². The van der Waals surface area contributed by atoms with Gasteiger partial charge < -0.3 is 10.2 Å². The third kappa shape index (κ3) is 1.61. The average Bonchev–Trinajstić information content (AvgIpc) is 1.95. The molecule has 0 spiro atoms. The largest absolute Gasteiger partial charge is 0.481 e. The van der Waals surface area contributed by atoms with Crippen LogP contribution >= 0.6 is 0 Å². The van der Waals surface area contributed by atoms with Crippen molar-refractivity contribution in [3.63, 3.8) is 0 Å². The zero-order valence-corrected chi connectivity index (χ0v) is 7.42. The van der Waals surface area contributed by atoms with Gasteiger partial charge in [0.25, 0.3) is 0 Å². The van der Waals surface area contributed by atoms with Crippen LogP contribution in [0.15, 0.2) is 0 Å². The maximum absolute atomic E-state index is 10.8. The van der Waals surface area contributed by atoms with E-state index in [4.69, 9.17) is 10.2 Å². The molecule has 1 saturated carbocycles. The fraction of sp³-hybridized carbons (Fsp3) is 0.889. The van der Waals surface area contributed by atoms with Crippen LogP contribution in [0, 0.1) is 5.41 Å². The van der Waals surface area contributed by atoms with E-state index in [0.717, 1.165) is 19.3 Å². The number of hydrogen-bond donors (Lipinski definition) is 2. The van der Waals surface area contributed by atoms with Gasteiger partial charge in [0.05, 0.1) is 11.5 Å². The van der Waals surface area contributed by atoms with Crippen LogP contribution in [-0.4, -0.2) is 22.3 Å².